The molecule has 2 aromatic rings. The van der Waals surface area contributed by atoms with Crippen molar-refractivity contribution in [1.82, 2.24) is 0 Å². The van der Waals surface area contributed by atoms with E-state index >= 15 is 0 Å². The molecule has 1 heterocycles. The van der Waals surface area contributed by atoms with Gasteiger partial charge in [0.25, 0.3) is 0 Å². The molecule has 6 heteroatoms. The number of fused-ring (bicyclic) bond motifs is 1. The van der Waals surface area contributed by atoms with E-state index in [2.05, 4.69) is 0 Å². The van der Waals surface area contributed by atoms with E-state index in [1.165, 1.54) is 18.2 Å². The van der Waals surface area contributed by atoms with E-state index in [-0.39, 0.29) is 40.7 Å². The minimum atomic E-state index is -0.963. The molecular formula is C15H14O6. The largest absolute Gasteiger partial charge is 0.508 e. The van der Waals surface area contributed by atoms with Crippen LogP contribution in [0.1, 0.15) is 29.8 Å². The Morgan fingerprint density at radius 3 is 2.38 bits per heavy atom. The van der Waals surface area contributed by atoms with Gasteiger partial charge in [0.2, 0.25) is 0 Å². The number of aliphatic hydroxyl groups excluding tert-OH is 1. The lowest BCUT2D eigenvalue weighted by molar-refractivity contribution is 0.0630. The maximum absolute atomic E-state index is 10.2. The van der Waals surface area contributed by atoms with Crippen molar-refractivity contribution in [3.63, 3.8) is 0 Å². The molecule has 0 aromatic heterocycles. The van der Waals surface area contributed by atoms with Gasteiger partial charge in [-0.2, -0.15) is 0 Å². The molecule has 1 aliphatic rings. The normalized spacial score (nSPS) is 20.6. The third-order valence-electron chi connectivity index (χ3n) is 3.52. The lowest BCUT2D eigenvalue weighted by Gasteiger charge is -2.30. The molecule has 3 rings (SSSR count). The van der Waals surface area contributed by atoms with E-state index < -0.39 is 12.2 Å². The molecule has 21 heavy (non-hydrogen) atoms. The van der Waals surface area contributed by atoms with Crippen molar-refractivity contribution in [2.45, 2.75) is 18.6 Å². The summed E-state index contributed by atoms with van der Waals surface area (Å²) in [6.45, 7) is 0. The van der Waals surface area contributed by atoms with Crippen LogP contribution in [0.2, 0.25) is 0 Å². The molecule has 0 fully saturated rings. The Balaban J connectivity index is 1.99. The summed E-state index contributed by atoms with van der Waals surface area (Å²) in [5.41, 5.74) is 0.796. The predicted molar refractivity (Wildman–Crippen MR) is 72.5 cm³/mol. The number of aliphatic hydroxyl groups is 1. The van der Waals surface area contributed by atoms with Crippen LogP contribution in [0.4, 0.5) is 0 Å². The fourth-order valence-electron chi connectivity index (χ4n) is 2.50. The standard InChI is InChI=1S/C15H14O6/c16-8-4-11(19)15-12(20)6-13(21-14(15)5-8)7-1-2-9(17)10(18)3-7/h1-5,12-13,16-20H,6H2/t12-,13+/m1/s1. The average Bonchev–Trinajstić information content (AvgIpc) is 2.40. The smallest absolute Gasteiger partial charge is 0.157 e. The second-order valence-corrected chi connectivity index (χ2v) is 4.98. The van der Waals surface area contributed by atoms with Gasteiger partial charge in [0.05, 0.1) is 11.7 Å². The van der Waals surface area contributed by atoms with Gasteiger partial charge in [-0.05, 0) is 17.7 Å². The van der Waals surface area contributed by atoms with Crippen LogP contribution >= 0.6 is 0 Å². The molecule has 0 spiro atoms. The topological polar surface area (TPSA) is 110 Å². The van der Waals surface area contributed by atoms with Crippen molar-refractivity contribution in [1.29, 1.82) is 0 Å². The van der Waals surface area contributed by atoms with Gasteiger partial charge < -0.3 is 30.3 Å². The number of benzene rings is 2. The lowest BCUT2D eigenvalue weighted by Crippen LogP contribution is -2.19. The summed E-state index contributed by atoms with van der Waals surface area (Å²) < 4.78 is 5.67. The van der Waals surface area contributed by atoms with Crippen molar-refractivity contribution < 1.29 is 30.3 Å². The highest BCUT2D eigenvalue weighted by Crippen LogP contribution is 2.47. The van der Waals surface area contributed by atoms with Gasteiger partial charge in [0.15, 0.2) is 11.5 Å². The molecule has 2 aromatic carbocycles. The molecule has 0 unspecified atom stereocenters. The van der Waals surface area contributed by atoms with Gasteiger partial charge in [-0.15, -0.1) is 0 Å². The van der Waals surface area contributed by atoms with Crippen LogP contribution in [0.5, 0.6) is 28.7 Å². The number of hydrogen-bond acceptors (Lipinski definition) is 6. The zero-order valence-electron chi connectivity index (χ0n) is 10.9. The fourth-order valence-corrected chi connectivity index (χ4v) is 2.50. The summed E-state index contributed by atoms with van der Waals surface area (Å²) in [7, 11) is 0. The molecule has 5 N–H and O–H groups in total. The summed E-state index contributed by atoms with van der Waals surface area (Å²) in [5.74, 6) is -0.748. The van der Waals surface area contributed by atoms with E-state index in [0.717, 1.165) is 6.07 Å². The average molecular weight is 290 g/mol. The van der Waals surface area contributed by atoms with Crippen LogP contribution in [0.3, 0.4) is 0 Å². The maximum Gasteiger partial charge on any atom is 0.157 e. The van der Waals surface area contributed by atoms with Gasteiger partial charge in [0.1, 0.15) is 23.4 Å². The maximum atomic E-state index is 10.2. The Morgan fingerprint density at radius 1 is 0.905 bits per heavy atom. The molecular weight excluding hydrogens is 276 g/mol. The van der Waals surface area contributed by atoms with Crippen LogP contribution in [0.25, 0.3) is 0 Å². The number of phenols is 4. The molecule has 0 amide bonds. The quantitative estimate of drug-likeness (QED) is 0.514. The molecule has 0 radical (unpaired) electrons. The number of hydrogen-bond donors (Lipinski definition) is 5. The fraction of sp³-hybridized carbons (Fsp3) is 0.200. The van der Waals surface area contributed by atoms with E-state index in [1.54, 1.807) is 6.07 Å². The van der Waals surface area contributed by atoms with Crippen molar-refractivity contribution in [3.05, 3.63) is 41.5 Å². The number of ether oxygens (including phenoxy) is 1. The van der Waals surface area contributed by atoms with Gasteiger partial charge in [-0.1, -0.05) is 6.07 Å². The van der Waals surface area contributed by atoms with E-state index in [4.69, 9.17) is 4.74 Å². The zero-order chi connectivity index (χ0) is 15.1. The lowest BCUT2D eigenvalue weighted by atomic mass is 9.94. The number of aromatic hydroxyl groups is 4. The first-order valence-corrected chi connectivity index (χ1v) is 6.38. The highest BCUT2D eigenvalue weighted by Gasteiger charge is 2.31. The Labute approximate surface area is 120 Å². The van der Waals surface area contributed by atoms with Crippen LogP contribution < -0.4 is 4.74 Å². The second-order valence-electron chi connectivity index (χ2n) is 4.98. The predicted octanol–water partition coefficient (Wildman–Crippen LogP) is 2.07. The SMILES string of the molecule is Oc1cc(O)c2c(c1)O[C@H](c1ccc(O)c(O)c1)C[C@H]2O. The summed E-state index contributed by atoms with van der Waals surface area (Å²) in [6.07, 6.45) is -1.36. The van der Waals surface area contributed by atoms with Gasteiger partial charge in [-0.3, -0.25) is 0 Å². The van der Waals surface area contributed by atoms with Crippen LogP contribution in [0, 0.1) is 0 Å². The van der Waals surface area contributed by atoms with Crippen LogP contribution in [-0.2, 0) is 0 Å². The summed E-state index contributed by atoms with van der Waals surface area (Å²) in [6, 6.07) is 6.69. The van der Waals surface area contributed by atoms with Crippen molar-refractivity contribution in [2.24, 2.45) is 0 Å². The first-order chi connectivity index (χ1) is 9.95. The molecule has 0 aliphatic carbocycles. The van der Waals surface area contributed by atoms with Gasteiger partial charge in [-0.25, -0.2) is 0 Å². The van der Waals surface area contributed by atoms with Gasteiger partial charge >= 0.3 is 0 Å². The van der Waals surface area contributed by atoms with Crippen molar-refractivity contribution >= 4 is 0 Å². The van der Waals surface area contributed by atoms with Crippen molar-refractivity contribution in [3.8, 4) is 28.7 Å². The first-order valence-electron chi connectivity index (χ1n) is 6.38. The van der Waals surface area contributed by atoms with E-state index in [1.807, 2.05) is 0 Å². The molecule has 0 saturated heterocycles. The monoisotopic (exact) mass is 290 g/mol. The van der Waals surface area contributed by atoms with Crippen LogP contribution in [0.15, 0.2) is 30.3 Å². The zero-order valence-corrected chi connectivity index (χ0v) is 10.9. The summed E-state index contributed by atoms with van der Waals surface area (Å²) >= 11 is 0. The molecule has 6 nitrogen and oxygen atoms in total. The third-order valence-corrected chi connectivity index (χ3v) is 3.52. The Morgan fingerprint density at radius 2 is 1.67 bits per heavy atom. The second kappa shape index (κ2) is 4.75. The minimum absolute atomic E-state index is 0.173. The molecule has 0 bridgehead atoms. The molecule has 1 aliphatic heterocycles. The minimum Gasteiger partial charge on any atom is -0.508 e. The first kappa shape index (κ1) is 13.4. The Kier molecular flexibility index (Phi) is 3.03. The Hall–Kier alpha value is -2.60. The molecule has 0 saturated carbocycles. The number of phenolic OH excluding ortho intramolecular Hbond substituents is 4. The Bertz CT molecular complexity index is 697. The summed E-state index contributed by atoms with van der Waals surface area (Å²) in [4.78, 5) is 0. The van der Waals surface area contributed by atoms with Crippen molar-refractivity contribution in [2.75, 3.05) is 0 Å². The summed E-state index contributed by atoms with van der Waals surface area (Å²) in [5, 5.41) is 48.3. The highest BCUT2D eigenvalue weighted by molar-refractivity contribution is 5.52. The molecule has 2 atom stereocenters. The third kappa shape index (κ3) is 2.30. The highest BCUT2D eigenvalue weighted by atomic mass is 16.5. The molecule has 110 valence electrons. The van der Waals surface area contributed by atoms with E-state index in [0.29, 0.717) is 5.56 Å². The number of rotatable bonds is 1. The van der Waals surface area contributed by atoms with Gasteiger partial charge in [0, 0.05) is 18.6 Å². The van der Waals surface area contributed by atoms with Crippen LogP contribution in [-0.4, -0.2) is 25.5 Å². The van der Waals surface area contributed by atoms with E-state index in [9.17, 15) is 25.5 Å².